The summed E-state index contributed by atoms with van der Waals surface area (Å²) >= 11 is 12.0. The molecule has 8 heteroatoms. The van der Waals surface area contributed by atoms with Crippen LogP contribution in [0.4, 0.5) is 0 Å². The van der Waals surface area contributed by atoms with Gasteiger partial charge in [0.15, 0.2) is 0 Å². The van der Waals surface area contributed by atoms with E-state index in [1.807, 2.05) is 97.1 Å². The molecule has 0 aliphatic carbocycles. The van der Waals surface area contributed by atoms with Crippen LogP contribution < -0.4 is 15.2 Å². The van der Waals surface area contributed by atoms with Crippen molar-refractivity contribution < 1.29 is 19.4 Å². The Balaban J connectivity index is 1.50. The molecule has 4 aromatic rings. The number of nitrogens with two attached hydrogens (primary N) is 1. The second-order valence-electron chi connectivity index (χ2n) is 9.49. The van der Waals surface area contributed by atoms with Crippen molar-refractivity contribution in [3.8, 4) is 11.5 Å². The van der Waals surface area contributed by atoms with Crippen LogP contribution in [0.2, 0.25) is 10.0 Å². The molecule has 0 aliphatic heterocycles. The van der Waals surface area contributed by atoms with Crippen LogP contribution in [-0.4, -0.2) is 28.6 Å². The van der Waals surface area contributed by atoms with E-state index in [1.165, 1.54) is 0 Å². The standard InChI is InChI=1S/C32H32Cl2N2O4/c33-27-13-9-23(10-14-27)21-39-30-7-3-1-5-25(30)19-36(18-17-29(35)32(37)38)20-26-6-2-4-8-31(26)40-22-24-11-15-28(34)16-12-24/h1-16,29H,17-22,35H2,(H,37,38)/t29-/m1/s1. The van der Waals surface area contributed by atoms with Gasteiger partial charge < -0.3 is 20.3 Å². The molecule has 4 rings (SSSR count). The van der Waals surface area contributed by atoms with Crippen molar-refractivity contribution in [1.29, 1.82) is 0 Å². The van der Waals surface area contributed by atoms with Gasteiger partial charge >= 0.3 is 5.97 Å². The fourth-order valence-corrected chi connectivity index (χ4v) is 4.43. The number of aliphatic carboxylic acids is 1. The molecule has 3 N–H and O–H groups in total. The Hall–Kier alpha value is -3.55. The highest BCUT2D eigenvalue weighted by atomic mass is 35.5. The van der Waals surface area contributed by atoms with Crippen molar-refractivity contribution in [2.45, 2.75) is 38.8 Å². The summed E-state index contributed by atoms with van der Waals surface area (Å²) in [7, 11) is 0. The topological polar surface area (TPSA) is 85.0 Å². The van der Waals surface area contributed by atoms with Crippen LogP contribution in [0.5, 0.6) is 11.5 Å². The number of hydrogen-bond donors (Lipinski definition) is 2. The predicted molar refractivity (Wildman–Crippen MR) is 159 cm³/mol. The zero-order chi connectivity index (χ0) is 28.3. The number of rotatable bonds is 14. The predicted octanol–water partition coefficient (Wildman–Crippen LogP) is 6.96. The number of halogens is 2. The molecular formula is C32H32Cl2N2O4. The molecule has 40 heavy (non-hydrogen) atoms. The summed E-state index contributed by atoms with van der Waals surface area (Å²) in [5.74, 6) is 0.507. The van der Waals surface area contributed by atoms with Crippen LogP contribution in [0.15, 0.2) is 97.1 Å². The highest BCUT2D eigenvalue weighted by Crippen LogP contribution is 2.26. The number of benzene rings is 4. The van der Waals surface area contributed by atoms with Crippen molar-refractivity contribution in [1.82, 2.24) is 4.90 Å². The SMILES string of the molecule is N[C@H](CCN(Cc1ccccc1OCc1ccc(Cl)cc1)Cc1ccccc1OCc1ccc(Cl)cc1)C(=O)O. The van der Waals surface area contributed by atoms with Crippen molar-refractivity contribution in [2.24, 2.45) is 5.73 Å². The molecule has 0 unspecified atom stereocenters. The van der Waals surface area contributed by atoms with E-state index in [2.05, 4.69) is 4.90 Å². The number of carbonyl (C=O) groups is 1. The third-order valence-electron chi connectivity index (χ3n) is 6.42. The van der Waals surface area contributed by atoms with Crippen LogP contribution in [0, 0.1) is 0 Å². The molecule has 0 saturated carbocycles. The highest BCUT2D eigenvalue weighted by molar-refractivity contribution is 6.30. The molecule has 0 aliphatic rings. The van der Waals surface area contributed by atoms with E-state index in [0.717, 1.165) is 33.8 Å². The van der Waals surface area contributed by atoms with Gasteiger partial charge in [0.1, 0.15) is 30.8 Å². The number of nitrogens with zero attached hydrogens (tertiary/aromatic N) is 1. The largest absolute Gasteiger partial charge is 0.489 e. The fraction of sp³-hybridized carbons (Fsp3) is 0.219. The maximum atomic E-state index is 11.4. The first-order chi connectivity index (χ1) is 19.4. The fourth-order valence-electron chi connectivity index (χ4n) is 4.17. The van der Waals surface area contributed by atoms with E-state index >= 15 is 0 Å². The summed E-state index contributed by atoms with van der Waals surface area (Å²) in [5, 5.41) is 10.7. The normalized spacial score (nSPS) is 11.8. The summed E-state index contributed by atoms with van der Waals surface area (Å²) in [6.07, 6.45) is 0.303. The molecule has 0 saturated heterocycles. The lowest BCUT2D eigenvalue weighted by Crippen LogP contribution is -2.35. The van der Waals surface area contributed by atoms with Gasteiger partial charge in [-0.25, -0.2) is 0 Å². The number of ether oxygens (including phenoxy) is 2. The summed E-state index contributed by atoms with van der Waals surface area (Å²) in [6, 6.07) is 29.9. The Bertz CT molecular complexity index is 1290. The van der Waals surface area contributed by atoms with Crippen molar-refractivity contribution in [3.63, 3.8) is 0 Å². The quantitative estimate of drug-likeness (QED) is 0.168. The van der Waals surface area contributed by atoms with Gasteiger partial charge in [-0.05, 0) is 53.9 Å². The van der Waals surface area contributed by atoms with E-state index in [4.69, 9.17) is 38.4 Å². The van der Waals surface area contributed by atoms with Crippen molar-refractivity contribution >= 4 is 29.2 Å². The summed E-state index contributed by atoms with van der Waals surface area (Å²) in [6.45, 7) is 2.35. The first-order valence-electron chi connectivity index (χ1n) is 13.0. The summed E-state index contributed by atoms with van der Waals surface area (Å²) in [5.41, 5.74) is 9.85. The van der Waals surface area contributed by atoms with Gasteiger partial charge in [-0.15, -0.1) is 0 Å². The van der Waals surface area contributed by atoms with Gasteiger partial charge in [0.25, 0.3) is 0 Å². The molecule has 6 nitrogen and oxygen atoms in total. The average molecular weight is 580 g/mol. The first-order valence-corrected chi connectivity index (χ1v) is 13.7. The van der Waals surface area contributed by atoms with Crippen molar-refractivity contribution in [3.05, 3.63) is 129 Å². The van der Waals surface area contributed by atoms with Gasteiger partial charge in [0.05, 0.1) is 0 Å². The molecule has 4 aromatic carbocycles. The smallest absolute Gasteiger partial charge is 0.320 e. The maximum Gasteiger partial charge on any atom is 0.320 e. The van der Waals surface area contributed by atoms with Crippen LogP contribution in [-0.2, 0) is 31.1 Å². The highest BCUT2D eigenvalue weighted by Gasteiger charge is 2.18. The molecule has 0 heterocycles. The van der Waals surface area contributed by atoms with Gasteiger partial charge in [-0.3, -0.25) is 9.69 Å². The average Bonchev–Trinajstić information content (AvgIpc) is 2.96. The minimum Gasteiger partial charge on any atom is -0.489 e. The van der Waals surface area contributed by atoms with Gasteiger partial charge in [0, 0.05) is 40.8 Å². The zero-order valence-corrected chi connectivity index (χ0v) is 23.5. The molecule has 0 radical (unpaired) electrons. The van der Waals surface area contributed by atoms with Crippen LogP contribution in [0.25, 0.3) is 0 Å². The first kappa shape index (κ1) is 29.4. The molecular weight excluding hydrogens is 547 g/mol. The maximum absolute atomic E-state index is 11.4. The van der Waals surface area contributed by atoms with Gasteiger partial charge in [-0.2, -0.15) is 0 Å². The summed E-state index contributed by atoms with van der Waals surface area (Å²) in [4.78, 5) is 13.6. The number of carboxylic acids is 1. The van der Waals surface area contributed by atoms with Crippen LogP contribution in [0.1, 0.15) is 28.7 Å². The minimum absolute atomic E-state index is 0.303. The van der Waals surface area contributed by atoms with E-state index < -0.39 is 12.0 Å². The monoisotopic (exact) mass is 578 g/mol. The molecule has 1 atom stereocenters. The lowest BCUT2D eigenvalue weighted by Gasteiger charge is -2.25. The Morgan fingerprint density at radius 2 is 1.15 bits per heavy atom. The molecule has 208 valence electrons. The molecule has 0 amide bonds. The van der Waals surface area contributed by atoms with E-state index in [0.29, 0.717) is 49.3 Å². The molecule has 0 bridgehead atoms. The second-order valence-corrected chi connectivity index (χ2v) is 10.4. The van der Waals surface area contributed by atoms with E-state index in [1.54, 1.807) is 0 Å². The van der Waals surface area contributed by atoms with Crippen LogP contribution >= 0.6 is 23.2 Å². The number of carboxylic acid groups (broad SMARTS) is 1. The molecule has 0 spiro atoms. The third-order valence-corrected chi connectivity index (χ3v) is 6.93. The molecule has 0 fully saturated rings. The lowest BCUT2D eigenvalue weighted by molar-refractivity contribution is -0.138. The van der Waals surface area contributed by atoms with Crippen LogP contribution in [0.3, 0.4) is 0 Å². The Kier molecular flexibility index (Phi) is 10.8. The van der Waals surface area contributed by atoms with E-state index in [9.17, 15) is 9.90 Å². The van der Waals surface area contributed by atoms with Crippen molar-refractivity contribution in [2.75, 3.05) is 6.54 Å². The second kappa shape index (κ2) is 14.7. The number of para-hydroxylation sites is 2. The Morgan fingerprint density at radius 1 is 0.725 bits per heavy atom. The zero-order valence-electron chi connectivity index (χ0n) is 22.0. The van der Waals surface area contributed by atoms with Gasteiger partial charge in [-0.1, -0.05) is 83.9 Å². The van der Waals surface area contributed by atoms with Gasteiger partial charge in [0.2, 0.25) is 0 Å². The Labute approximate surface area is 244 Å². The summed E-state index contributed by atoms with van der Waals surface area (Å²) < 4.78 is 12.4. The molecule has 0 aromatic heterocycles. The third kappa shape index (κ3) is 9.00. The lowest BCUT2D eigenvalue weighted by atomic mass is 10.1. The number of hydrogen-bond acceptors (Lipinski definition) is 5. The minimum atomic E-state index is -1.02. The Morgan fingerprint density at radius 3 is 1.57 bits per heavy atom. The van der Waals surface area contributed by atoms with E-state index in [-0.39, 0.29) is 0 Å².